The summed E-state index contributed by atoms with van der Waals surface area (Å²) in [4.78, 5) is 27.9. The smallest absolute Gasteiger partial charge is 0.444 e. The maximum Gasteiger partial charge on any atom is 0.475 e. The fourth-order valence-electron chi connectivity index (χ4n) is 4.47. The van der Waals surface area contributed by atoms with Crippen LogP contribution in [-0.4, -0.2) is 88.7 Å². The largest absolute Gasteiger partial charge is 0.475 e. The molecule has 3 N–H and O–H groups in total. The number of hydrogen-bond donors (Lipinski definition) is 3. The molecule has 0 saturated carbocycles. The molecular formula is C27H41BF2N4O5. The first-order chi connectivity index (χ1) is 18.2. The average molecular weight is 550 g/mol. The lowest BCUT2D eigenvalue weighted by atomic mass is 9.76. The minimum absolute atomic E-state index is 0.0181. The van der Waals surface area contributed by atoms with Crippen molar-refractivity contribution in [3.63, 3.8) is 0 Å². The second-order valence-electron chi connectivity index (χ2n) is 11.2. The van der Waals surface area contributed by atoms with Crippen LogP contribution in [0.25, 0.3) is 0 Å². The Morgan fingerprint density at radius 2 is 1.90 bits per heavy atom. The summed E-state index contributed by atoms with van der Waals surface area (Å²) in [5.41, 5.74) is 0.734. The summed E-state index contributed by atoms with van der Waals surface area (Å²) in [6.07, 6.45) is 1.15. The van der Waals surface area contributed by atoms with Gasteiger partial charge in [-0.15, -0.1) is 0 Å². The molecule has 0 bridgehead atoms. The van der Waals surface area contributed by atoms with E-state index in [4.69, 9.17) is 10.00 Å². The molecule has 3 atom stereocenters. The first-order valence-electron chi connectivity index (χ1n) is 13.4. The van der Waals surface area contributed by atoms with E-state index in [-0.39, 0.29) is 37.4 Å². The lowest BCUT2D eigenvalue weighted by Gasteiger charge is -2.31. The summed E-state index contributed by atoms with van der Waals surface area (Å²) in [7, 11) is -1.74. The Kier molecular flexibility index (Phi) is 12.1. The molecule has 2 amide bonds. The normalized spacial score (nSPS) is 20.9. The second kappa shape index (κ2) is 14.6. The number of likely N-dealkylation sites (tertiary alicyclic amines) is 2. The predicted molar refractivity (Wildman–Crippen MR) is 144 cm³/mol. The summed E-state index contributed by atoms with van der Waals surface area (Å²) in [5, 5.41) is 30.6. The molecule has 0 spiro atoms. The third-order valence-corrected chi connectivity index (χ3v) is 6.86. The summed E-state index contributed by atoms with van der Waals surface area (Å²) in [6.45, 7) is 8.65. The highest BCUT2D eigenvalue weighted by Crippen LogP contribution is 2.31. The van der Waals surface area contributed by atoms with E-state index in [0.717, 1.165) is 18.4 Å². The fraction of sp³-hybridized carbons (Fsp3) is 0.667. The Morgan fingerprint density at radius 1 is 1.23 bits per heavy atom. The van der Waals surface area contributed by atoms with Crippen LogP contribution in [-0.2, 0) is 16.0 Å². The summed E-state index contributed by atoms with van der Waals surface area (Å²) < 4.78 is 30.8. The fourth-order valence-corrected chi connectivity index (χ4v) is 4.47. The van der Waals surface area contributed by atoms with Crippen LogP contribution in [0.1, 0.15) is 58.9 Å². The molecule has 0 aliphatic carbocycles. The van der Waals surface area contributed by atoms with E-state index in [1.54, 1.807) is 11.8 Å². The number of carbonyl (C=O) groups excluding carboxylic acids is 2. The van der Waals surface area contributed by atoms with Crippen LogP contribution in [0, 0.1) is 17.2 Å². The Balaban J connectivity index is 0.000000404. The molecule has 2 aliphatic heterocycles. The van der Waals surface area contributed by atoms with Crippen molar-refractivity contribution in [1.29, 1.82) is 5.26 Å². The Labute approximate surface area is 230 Å². The minimum atomic E-state index is -2.45. The molecule has 9 nitrogen and oxygen atoms in total. The van der Waals surface area contributed by atoms with E-state index in [0.29, 0.717) is 19.5 Å². The van der Waals surface area contributed by atoms with Crippen molar-refractivity contribution in [3.8, 4) is 6.07 Å². The highest BCUT2D eigenvalue weighted by molar-refractivity contribution is 6.43. The number of hydrogen-bond acceptors (Lipinski definition) is 7. The standard InChI is InChI=1S/C19H26BN3O5.C8H15F2N/c1-14(12-21)18(24)23-10-6-5-9-16(13-23)28-19(25)22-17(20(26)27)11-15-7-3-2-4-8-15;1-7(2,3)11-5-4-8(9,10)6-11/h2-4,7-8,14,16-17,26-27H,5-6,9-11,13H2,1H3,(H,22,25);4-6H2,1-3H3. The van der Waals surface area contributed by atoms with Gasteiger partial charge in [0.05, 0.1) is 25.1 Å². The quantitative estimate of drug-likeness (QED) is 0.465. The third-order valence-electron chi connectivity index (χ3n) is 6.86. The summed E-state index contributed by atoms with van der Waals surface area (Å²) in [5.74, 6) is -4.39. The zero-order valence-electron chi connectivity index (χ0n) is 23.3. The number of nitrogens with zero attached hydrogens (tertiary/aromatic N) is 3. The molecule has 12 heteroatoms. The first kappa shape index (κ1) is 32.5. The molecule has 39 heavy (non-hydrogen) atoms. The van der Waals surface area contributed by atoms with E-state index in [2.05, 4.69) is 5.32 Å². The maximum atomic E-state index is 12.7. The van der Waals surface area contributed by atoms with Crippen molar-refractivity contribution in [3.05, 3.63) is 35.9 Å². The number of alkyl carbamates (subject to hydrolysis) is 1. The Morgan fingerprint density at radius 3 is 2.41 bits per heavy atom. The number of ether oxygens (including phenoxy) is 1. The van der Waals surface area contributed by atoms with E-state index in [1.165, 1.54) is 0 Å². The van der Waals surface area contributed by atoms with Gasteiger partial charge in [0.25, 0.3) is 5.92 Å². The van der Waals surface area contributed by atoms with Crippen LogP contribution in [0.4, 0.5) is 13.6 Å². The molecule has 0 aromatic heterocycles. The van der Waals surface area contributed by atoms with E-state index < -0.39 is 37.1 Å². The van der Waals surface area contributed by atoms with Gasteiger partial charge in [0, 0.05) is 25.0 Å². The van der Waals surface area contributed by atoms with Gasteiger partial charge in [0.15, 0.2) is 0 Å². The monoisotopic (exact) mass is 550 g/mol. The van der Waals surface area contributed by atoms with E-state index >= 15 is 0 Å². The van der Waals surface area contributed by atoms with Crippen LogP contribution >= 0.6 is 0 Å². The zero-order valence-corrected chi connectivity index (χ0v) is 23.3. The van der Waals surface area contributed by atoms with Crippen molar-refractivity contribution < 1.29 is 33.2 Å². The van der Waals surface area contributed by atoms with Crippen LogP contribution in [0.15, 0.2) is 30.3 Å². The number of carbonyl (C=O) groups is 2. The van der Waals surface area contributed by atoms with Gasteiger partial charge in [0.2, 0.25) is 5.91 Å². The third kappa shape index (κ3) is 11.1. The Bertz CT molecular complexity index is 971. The number of nitrogens with one attached hydrogen (secondary N) is 1. The second-order valence-corrected chi connectivity index (χ2v) is 11.2. The van der Waals surface area contributed by atoms with Gasteiger partial charge in [-0.2, -0.15) is 5.26 Å². The molecule has 2 heterocycles. The molecule has 2 aliphatic rings. The zero-order chi connectivity index (χ0) is 29.2. The molecule has 3 rings (SSSR count). The summed E-state index contributed by atoms with van der Waals surface area (Å²) in [6, 6.07) is 11.1. The van der Waals surface area contributed by atoms with Crippen molar-refractivity contribution >= 4 is 19.1 Å². The van der Waals surface area contributed by atoms with Crippen molar-refractivity contribution in [1.82, 2.24) is 15.1 Å². The maximum absolute atomic E-state index is 12.7. The van der Waals surface area contributed by atoms with Gasteiger partial charge in [-0.25, -0.2) is 13.6 Å². The molecule has 2 fully saturated rings. The average Bonchev–Trinajstić information content (AvgIpc) is 3.09. The molecule has 1 aromatic rings. The van der Waals surface area contributed by atoms with Gasteiger partial charge in [0.1, 0.15) is 12.0 Å². The number of nitriles is 1. The van der Waals surface area contributed by atoms with Gasteiger partial charge in [-0.1, -0.05) is 30.3 Å². The van der Waals surface area contributed by atoms with Crippen LogP contribution in [0.3, 0.4) is 0 Å². The predicted octanol–water partition coefficient (Wildman–Crippen LogP) is 3.00. The topological polar surface area (TPSA) is 126 Å². The van der Waals surface area contributed by atoms with E-state index in [1.807, 2.05) is 62.1 Å². The molecule has 3 unspecified atom stereocenters. The highest BCUT2D eigenvalue weighted by Gasteiger charge is 2.41. The van der Waals surface area contributed by atoms with Crippen LogP contribution in [0.5, 0.6) is 0 Å². The number of rotatable bonds is 6. The summed E-state index contributed by atoms with van der Waals surface area (Å²) >= 11 is 0. The number of alkyl halides is 2. The minimum Gasteiger partial charge on any atom is -0.444 e. The van der Waals surface area contributed by atoms with Gasteiger partial charge in [-0.05, 0) is 58.9 Å². The first-order valence-corrected chi connectivity index (χ1v) is 13.4. The Hall–Kier alpha value is -2.75. The van der Waals surface area contributed by atoms with Crippen molar-refractivity contribution in [2.24, 2.45) is 5.92 Å². The van der Waals surface area contributed by atoms with Gasteiger partial charge >= 0.3 is 13.2 Å². The van der Waals surface area contributed by atoms with Crippen molar-refractivity contribution in [2.45, 2.75) is 83.3 Å². The van der Waals surface area contributed by atoms with E-state index in [9.17, 15) is 28.4 Å². The number of benzene rings is 1. The SMILES string of the molecule is CC(C#N)C(=O)N1CCCCC(OC(=O)NC(Cc2ccccc2)B(O)O)C1.CC(C)(C)N1CCC(F)(F)C1. The van der Waals surface area contributed by atoms with Crippen LogP contribution < -0.4 is 5.32 Å². The highest BCUT2D eigenvalue weighted by atomic mass is 19.3. The lowest BCUT2D eigenvalue weighted by Crippen LogP contribution is -2.49. The van der Waals surface area contributed by atoms with Gasteiger partial charge in [-0.3, -0.25) is 9.69 Å². The molecule has 216 valence electrons. The number of amides is 2. The molecule has 1 aromatic carbocycles. The van der Waals surface area contributed by atoms with Crippen molar-refractivity contribution in [2.75, 3.05) is 26.2 Å². The van der Waals surface area contributed by atoms with Gasteiger partial charge < -0.3 is 25.0 Å². The molecular weight excluding hydrogens is 509 g/mol. The lowest BCUT2D eigenvalue weighted by molar-refractivity contribution is -0.134. The molecule has 2 saturated heterocycles. The number of halogens is 2. The molecule has 0 radical (unpaired) electrons. The van der Waals surface area contributed by atoms with Crippen LogP contribution in [0.2, 0.25) is 0 Å².